The third-order valence-electron chi connectivity index (χ3n) is 2.44. The molecule has 92 valence electrons. The molecular weight excluding hydrogens is 190 g/mol. The first-order valence-electron chi connectivity index (χ1n) is 6.06. The summed E-state index contributed by atoms with van der Waals surface area (Å²) in [6, 6.07) is 0. The number of nitrogens with zero attached hydrogens (tertiary/aromatic N) is 1. The normalized spacial score (nSPS) is 11.2. The van der Waals surface area contributed by atoms with Crippen LogP contribution < -0.4 is 0 Å². The van der Waals surface area contributed by atoms with Crippen LogP contribution in [0.2, 0.25) is 0 Å². The van der Waals surface area contributed by atoms with Gasteiger partial charge in [0.2, 0.25) is 0 Å². The number of methoxy groups -OCH3 is 1. The standard InChI is InChI=1S/C12H27NO2/c1-4-5-6-7-8-13(2)9-10-15-12-11-14-3/h4-12H2,1-3H3. The molecule has 0 aliphatic rings. The monoisotopic (exact) mass is 217 g/mol. The first kappa shape index (κ1) is 14.9. The Morgan fingerprint density at radius 3 is 2.40 bits per heavy atom. The zero-order chi connectivity index (χ0) is 11.4. The van der Waals surface area contributed by atoms with E-state index in [2.05, 4.69) is 18.9 Å². The van der Waals surface area contributed by atoms with Gasteiger partial charge in [-0.2, -0.15) is 0 Å². The molecular formula is C12H27NO2. The van der Waals surface area contributed by atoms with Crippen LogP contribution in [0.4, 0.5) is 0 Å². The van der Waals surface area contributed by atoms with Gasteiger partial charge in [0.15, 0.2) is 0 Å². The third-order valence-corrected chi connectivity index (χ3v) is 2.44. The van der Waals surface area contributed by atoms with Crippen LogP contribution in [0.25, 0.3) is 0 Å². The number of unbranched alkanes of at least 4 members (excludes halogenated alkanes) is 3. The minimum absolute atomic E-state index is 0.695. The van der Waals surface area contributed by atoms with Crippen LogP contribution in [-0.4, -0.2) is 52.0 Å². The minimum atomic E-state index is 0.695. The Kier molecular flexibility index (Phi) is 11.9. The Labute approximate surface area is 94.7 Å². The third kappa shape index (κ3) is 11.8. The lowest BCUT2D eigenvalue weighted by atomic mass is 10.2. The second-order valence-electron chi connectivity index (χ2n) is 3.97. The van der Waals surface area contributed by atoms with Crippen molar-refractivity contribution in [2.24, 2.45) is 0 Å². The van der Waals surface area contributed by atoms with Crippen molar-refractivity contribution in [1.29, 1.82) is 0 Å². The molecule has 0 bridgehead atoms. The predicted octanol–water partition coefficient (Wildman–Crippen LogP) is 2.16. The van der Waals surface area contributed by atoms with E-state index in [0.717, 1.165) is 13.2 Å². The van der Waals surface area contributed by atoms with E-state index < -0.39 is 0 Å². The molecule has 0 spiro atoms. The van der Waals surface area contributed by atoms with E-state index in [0.29, 0.717) is 13.2 Å². The van der Waals surface area contributed by atoms with Crippen LogP contribution in [0.15, 0.2) is 0 Å². The van der Waals surface area contributed by atoms with E-state index in [4.69, 9.17) is 9.47 Å². The number of hydrogen-bond acceptors (Lipinski definition) is 3. The highest BCUT2D eigenvalue weighted by Gasteiger charge is 1.97. The van der Waals surface area contributed by atoms with Gasteiger partial charge >= 0.3 is 0 Å². The molecule has 0 N–H and O–H groups in total. The molecule has 0 aliphatic carbocycles. The van der Waals surface area contributed by atoms with E-state index in [9.17, 15) is 0 Å². The van der Waals surface area contributed by atoms with Gasteiger partial charge in [0.1, 0.15) is 0 Å². The molecule has 0 radical (unpaired) electrons. The largest absolute Gasteiger partial charge is 0.382 e. The average molecular weight is 217 g/mol. The van der Waals surface area contributed by atoms with Crippen molar-refractivity contribution >= 4 is 0 Å². The fourth-order valence-corrected chi connectivity index (χ4v) is 1.39. The zero-order valence-electron chi connectivity index (χ0n) is 10.6. The fraction of sp³-hybridized carbons (Fsp3) is 1.00. The van der Waals surface area contributed by atoms with Gasteiger partial charge in [0.05, 0.1) is 19.8 Å². The smallest absolute Gasteiger partial charge is 0.0700 e. The maximum atomic E-state index is 5.41. The van der Waals surface area contributed by atoms with Crippen molar-refractivity contribution in [1.82, 2.24) is 4.90 Å². The topological polar surface area (TPSA) is 21.7 Å². The summed E-state index contributed by atoms with van der Waals surface area (Å²) in [4.78, 5) is 2.34. The molecule has 3 heteroatoms. The number of hydrogen-bond donors (Lipinski definition) is 0. The van der Waals surface area contributed by atoms with Gasteiger partial charge in [0, 0.05) is 13.7 Å². The fourth-order valence-electron chi connectivity index (χ4n) is 1.39. The molecule has 0 atom stereocenters. The van der Waals surface area contributed by atoms with Gasteiger partial charge < -0.3 is 14.4 Å². The molecule has 0 rings (SSSR count). The summed E-state index contributed by atoms with van der Waals surface area (Å²) in [7, 11) is 3.86. The molecule has 0 saturated carbocycles. The van der Waals surface area contributed by atoms with Gasteiger partial charge in [-0.05, 0) is 20.0 Å². The van der Waals surface area contributed by atoms with E-state index in [-0.39, 0.29) is 0 Å². The average Bonchev–Trinajstić information content (AvgIpc) is 2.24. The van der Waals surface area contributed by atoms with Crippen molar-refractivity contribution in [3.8, 4) is 0 Å². The van der Waals surface area contributed by atoms with Crippen molar-refractivity contribution in [2.75, 3.05) is 47.1 Å². The van der Waals surface area contributed by atoms with Gasteiger partial charge in [0.25, 0.3) is 0 Å². The summed E-state index contributed by atoms with van der Waals surface area (Å²) in [5.41, 5.74) is 0. The second kappa shape index (κ2) is 12.0. The zero-order valence-corrected chi connectivity index (χ0v) is 10.6. The van der Waals surface area contributed by atoms with Crippen LogP contribution >= 0.6 is 0 Å². The van der Waals surface area contributed by atoms with Crippen LogP contribution in [0, 0.1) is 0 Å². The second-order valence-corrected chi connectivity index (χ2v) is 3.97. The lowest BCUT2D eigenvalue weighted by Crippen LogP contribution is -2.24. The lowest BCUT2D eigenvalue weighted by Gasteiger charge is -2.16. The first-order chi connectivity index (χ1) is 7.31. The highest BCUT2D eigenvalue weighted by Crippen LogP contribution is 1.99. The molecule has 0 saturated heterocycles. The van der Waals surface area contributed by atoms with E-state index >= 15 is 0 Å². The van der Waals surface area contributed by atoms with Gasteiger partial charge in [-0.1, -0.05) is 26.2 Å². The van der Waals surface area contributed by atoms with Crippen molar-refractivity contribution in [3.63, 3.8) is 0 Å². The molecule has 0 unspecified atom stereocenters. The molecule has 0 aromatic heterocycles. The van der Waals surface area contributed by atoms with Crippen LogP contribution in [0.5, 0.6) is 0 Å². The molecule has 0 aromatic rings. The Morgan fingerprint density at radius 1 is 0.933 bits per heavy atom. The van der Waals surface area contributed by atoms with Crippen molar-refractivity contribution in [2.45, 2.75) is 32.6 Å². The quantitative estimate of drug-likeness (QED) is 0.495. The first-order valence-corrected chi connectivity index (χ1v) is 6.06. The maximum Gasteiger partial charge on any atom is 0.0700 e. The SMILES string of the molecule is CCCCCCN(C)CCOCCOC. The van der Waals surface area contributed by atoms with Gasteiger partial charge in [-0.15, -0.1) is 0 Å². The predicted molar refractivity (Wildman–Crippen MR) is 64.3 cm³/mol. The molecule has 0 fully saturated rings. The minimum Gasteiger partial charge on any atom is -0.382 e. The summed E-state index contributed by atoms with van der Waals surface area (Å²) in [5, 5.41) is 0. The highest BCUT2D eigenvalue weighted by molar-refractivity contribution is 4.51. The Bertz CT molecular complexity index is 120. The highest BCUT2D eigenvalue weighted by atomic mass is 16.5. The maximum absolute atomic E-state index is 5.41. The Balaban J connectivity index is 3.08. The molecule has 3 nitrogen and oxygen atoms in total. The van der Waals surface area contributed by atoms with E-state index in [1.165, 1.54) is 32.2 Å². The van der Waals surface area contributed by atoms with Crippen molar-refractivity contribution < 1.29 is 9.47 Å². The Morgan fingerprint density at radius 2 is 1.73 bits per heavy atom. The van der Waals surface area contributed by atoms with Crippen LogP contribution in [-0.2, 0) is 9.47 Å². The summed E-state index contributed by atoms with van der Waals surface area (Å²) >= 11 is 0. The summed E-state index contributed by atoms with van der Waals surface area (Å²) < 4.78 is 10.3. The number of rotatable bonds is 11. The Hall–Kier alpha value is -0.120. The molecule has 15 heavy (non-hydrogen) atoms. The van der Waals surface area contributed by atoms with E-state index in [1.807, 2.05) is 0 Å². The van der Waals surface area contributed by atoms with Crippen molar-refractivity contribution in [3.05, 3.63) is 0 Å². The summed E-state index contributed by atoms with van der Waals surface area (Å²) in [6.07, 6.45) is 5.33. The van der Waals surface area contributed by atoms with Crippen LogP contribution in [0.1, 0.15) is 32.6 Å². The molecule has 0 aliphatic heterocycles. The lowest BCUT2D eigenvalue weighted by molar-refractivity contribution is 0.0604. The summed E-state index contributed by atoms with van der Waals surface area (Å²) in [5.74, 6) is 0. The van der Waals surface area contributed by atoms with Crippen LogP contribution in [0.3, 0.4) is 0 Å². The number of likely N-dealkylation sites (N-methyl/N-ethyl adjacent to an activating group) is 1. The van der Waals surface area contributed by atoms with Gasteiger partial charge in [-0.3, -0.25) is 0 Å². The van der Waals surface area contributed by atoms with E-state index in [1.54, 1.807) is 7.11 Å². The molecule has 0 aromatic carbocycles. The van der Waals surface area contributed by atoms with Gasteiger partial charge in [-0.25, -0.2) is 0 Å². The molecule has 0 heterocycles. The summed E-state index contributed by atoms with van der Waals surface area (Å²) in [6.45, 7) is 6.67. The molecule has 0 amide bonds. The number of ether oxygens (including phenoxy) is 2.